The molecule has 1 aromatic carbocycles. The van der Waals surface area contributed by atoms with E-state index in [9.17, 15) is 9.59 Å². The molecule has 0 spiro atoms. The molecule has 5 nitrogen and oxygen atoms in total. The summed E-state index contributed by atoms with van der Waals surface area (Å²) in [5, 5.41) is 0. The molecule has 2 heterocycles. The zero-order valence-electron chi connectivity index (χ0n) is 12.4. The van der Waals surface area contributed by atoms with Crippen LogP contribution in [0.15, 0.2) is 47.4 Å². The van der Waals surface area contributed by atoms with E-state index in [1.807, 2.05) is 24.3 Å². The van der Waals surface area contributed by atoms with Crippen molar-refractivity contribution in [1.29, 1.82) is 0 Å². The third kappa shape index (κ3) is 2.62. The standard InChI is InChI=1S/C17H18N2O3/c1-22-13-8-6-12(7-9-13)15-5-3-11-19(15)17(21)14-4-2-10-18-16(14)20/h2,4,6-10,15H,3,5,11H2,1H3,(H,18,20). The van der Waals surface area contributed by atoms with Crippen LogP contribution in [0.25, 0.3) is 0 Å². The van der Waals surface area contributed by atoms with Gasteiger partial charge in [-0.25, -0.2) is 0 Å². The van der Waals surface area contributed by atoms with E-state index in [1.165, 1.54) is 6.20 Å². The predicted molar refractivity (Wildman–Crippen MR) is 83.1 cm³/mol. The van der Waals surface area contributed by atoms with Gasteiger partial charge in [0.25, 0.3) is 11.5 Å². The summed E-state index contributed by atoms with van der Waals surface area (Å²) in [6, 6.07) is 11.0. The van der Waals surface area contributed by atoms with Crippen LogP contribution in [0.1, 0.15) is 34.8 Å². The van der Waals surface area contributed by atoms with Crippen LogP contribution < -0.4 is 10.3 Å². The normalized spacial score (nSPS) is 17.5. The molecule has 1 amide bonds. The van der Waals surface area contributed by atoms with Gasteiger partial charge in [-0.05, 0) is 42.7 Å². The summed E-state index contributed by atoms with van der Waals surface area (Å²) in [6.45, 7) is 0.670. The Morgan fingerprint density at radius 3 is 2.73 bits per heavy atom. The number of carbonyl (C=O) groups excluding carboxylic acids is 1. The first-order valence-electron chi connectivity index (χ1n) is 7.33. The van der Waals surface area contributed by atoms with Gasteiger partial charge >= 0.3 is 0 Å². The lowest BCUT2D eigenvalue weighted by molar-refractivity contribution is 0.0734. The number of hydrogen-bond donors (Lipinski definition) is 1. The van der Waals surface area contributed by atoms with Crippen molar-refractivity contribution in [2.45, 2.75) is 18.9 Å². The van der Waals surface area contributed by atoms with Crippen LogP contribution in [0.5, 0.6) is 5.75 Å². The number of methoxy groups -OCH3 is 1. The Morgan fingerprint density at radius 2 is 2.05 bits per heavy atom. The lowest BCUT2D eigenvalue weighted by atomic mass is 10.0. The van der Waals surface area contributed by atoms with Crippen LogP contribution in [0.4, 0.5) is 0 Å². The summed E-state index contributed by atoms with van der Waals surface area (Å²) < 4.78 is 5.17. The number of rotatable bonds is 3. The van der Waals surface area contributed by atoms with E-state index in [0.717, 1.165) is 24.2 Å². The number of ether oxygens (including phenoxy) is 1. The zero-order valence-corrected chi connectivity index (χ0v) is 12.4. The number of amides is 1. The highest BCUT2D eigenvalue weighted by Crippen LogP contribution is 2.33. The molecule has 1 N–H and O–H groups in total. The van der Waals surface area contributed by atoms with Gasteiger partial charge in [0.2, 0.25) is 0 Å². The molecule has 3 rings (SSSR count). The summed E-state index contributed by atoms with van der Waals surface area (Å²) >= 11 is 0. The third-order valence-electron chi connectivity index (χ3n) is 4.06. The van der Waals surface area contributed by atoms with Crippen molar-refractivity contribution in [2.75, 3.05) is 13.7 Å². The Bertz CT molecular complexity index is 721. The van der Waals surface area contributed by atoms with E-state index in [0.29, 0.717) is 6.54 Å². The van der Waals surface area contributed by atoms with Crippen LogP contribution in [0, 0.1) is 0 Å². The van der Waals surface area contributed by atoms with Crippen LogP contribution in [-0.2, 0) is 0 Å². The van der Waals surface area contributed by atoms with Crippen molar-refractivity contribution >= 4 is 5.91 Å². The molecule has 22 heavy (non-hydrogen) atoms. The van der Waals surface area contributed by atoms with Gasteiger partial charge in [0.05, 0.1) is 13.2 Å². The highest BCUT2D eigenvalue weighted by molar-refractivity contribution is 5.94. The molecule has 0 radical (unpaired) electrons. The van der Waals surface area contributed by atoms with E-state index in [-0.39, 0.29) is 23.1 Å². The van der Waals surface area contributed by atoms with Gasteiger partial charge in [-0.15, -0.1) is 0 Å². The summed E-state index contributed by atoms with van der Waals surface area (Å²) in [5.41, 5.74) is 0.926. The molecule has 0 bridgehead atoms. The lowest BCUT2D eigenvalue weighted by Gasteiger charge is -2.25. The van der Waals surface area contributed by atoms with Crippen molar-refractivity contribution in [3.63, 3.8) is 0 Å². The Kier molecular flexibility index (Phi) is 3.96. The number of benzene rings is 1. The number of hydrogen-bond acceptors (Lipinski definition) is 3. The minimum atomic E-state index is -0.340. The monoisotopic (exact) mass is 298 g/mol. The number of aromatic nitrogens is 1. The molecule has 1 unspecified atom stereocenters. The Labute approximate surface area is 128 Å². The maximum atomic E-state index is 12.7. The zero-order chi connectivity index (χ0) is 15.5. The van der Waals surface area contributed by atoms with E-state index in [2.05, 4.69) is 4.98 Å². The molecule has 114 valence electrons. The fourth-order valence-electron chi connectivity index (χ4n) is 2.93. The second-order valence-corrected chi connectivity index (χ2v) is 5.34. The minimum Gasteiger partial charge on any atom is -0.497 e. The van der Waals surface area contributed by atoms with Crippen LogP contribution in [-0.4, -0.2) is 29.4 Å². The molecule has 5 heteroatoms. The first-order chi connectivity index (χ1) is 10.7. The molecule has 2 aromatic rings. The van der Waals surface area contributed by atoms with Crippen molar-refractivity contribution in [3.8, 4) is 5.75 Å². The molecule has 1 fully saturated rings. The smallest absolute Gasteiger partial charge is 0.260 e. The molecule has 0 saturated carbocycles. The first kappa shape index (κ1) is 14.4. The Morgan fingerprint density at radius 1 is 1.27 bits per heavy atom. The van der Waals surface area contributed by atoms with Crippen LogP contribution >= 0.6 is 0 Å². The van der Waals surface area contributed by atoms with Gasteiger partial charge in [0, 0.05) is 12.7 Å². The van der Waals surface area contributed by atoms with Crippen molar-refractivity contribution in [2.24, 2.45) is 0 Å². The number of nitrogens with zero attached hydrogens (tertiary/aromatic N) is 1. The second-order valence-electron chi connectivity index (χ2n) is 5.34. The van der Waals surface area contributed by atoms with Crippen LogP contribution in [0.3, 0.4) is 0 Å². The number of carbonyl (C=O) groups is 1. The SMILES string of the molecule is COc1ccc(C2CCCN2C(=O)c2ccc[nH]c2=O)cc1. The predicted octanol–water partition coefficient (Wildman–Crippen LogP) is 2.36. The summed E-state index contributed by atoms with van der Waals surface area (Å²) in [5.74, 6) is 0.583. The Hall–Kier alpha value is -2.56. The Balaban J connectivity index is 1.88. The first-order valence-corrected chi connectivity index (χ1v) is 7.33. The number of pyridine rings is 1. The molecule has 1 aliphatic rings. The maximum absolute atomic E-state index is 12.7. The van der Waals surface area contributed by atoms with Gasteiger partial charge in [0.15, 0.2) is 0 Å². The summed E-state index contributed by atoms with van der Waals surface area (Å²) in [4.78, 5) is 28.8. The molecule has 1 atom stereocenters. The van der Waals surface area contributed by atoms with Gasteiger partial charge in [-0.1, -0.05) is 12.1 Å². The molecule has 0 aliphatic carbocycles. The highest BCUT2D eigenvalue weighted by Gasteiger charge is 2.31. The van der Waals surface area contributed by atoms with Crippen molar-refractivity contribution in [1.82, 2.24) is 9.88 Å². The van der Waals surface area contributed by atoms with Crippen LogP contribution in [0.2, 0.25) is 0 Å². The quantitative estimate of drug-likeness (QED) is 0.946. The number of likely N-dealkylation sites (tertiary alicyclic amines) is 1. The fraction of sp³-hybridized carbons (Fsp3) is 0.294. The van der Waals surface area contributed by atoms with E-state index in [4.69, 9.17) is 4.74 Å². The average Bonchev–Trinajstić information content (AvgIpc) is 3.04. The lowest BCUT2D eigenvalue weighted by Crippen LogP contribution is -2.34. The largest absolute Gasteiger partial charge is 0.497 e. The van der Waals surface area contributed by atoms with E-state index < -0.39 is 0 Å². The van der Waals surface area contributed by atoms with Gasteiger partial charge in [0.1, 0.15) is 11.3 Å². The molecule has 1 aromatic heterocycles. The van der Waals surface area contributed by atoms with Crippen molar-refractivity contribution in [3.05, 3.63) is 64.1 Å². The third-order valence-corrected chi connectivity index (χ3v) is 4.06. The van der Waals surface area contributed by atoms with Gasteiger partial charge < -0.3 is 14.6 Å². The molecule has 1 aliphatic heterocycles. The van der Waals surface area contributed by atoms with E-state index >= 15 is 0 Å². The molecular weight excluding hydrogens is 280 g/mol. The molecule has 1 saturated heterocycles. The topological polar surface area (TPSA) is 62.4 Å². The number of aromatic amines is 1. The number of H-pyrrole nitrogens is 1. The average molecular weight is 298 g/mol. The minimum absolute atomic E-state index is 0.0120. The van der Waals surface area contributed by atoms with Gasteiger partial charge in [-0.3, -0.25) is 9.59 Å². The van der Waals surface area contributed by atoms with Crippen molar-refractivity contribution < 1.29 is 9.53 Å². The maximum Gasteiger partial charge on any atom is 0.260 e. The fourth-order valence-corrected chi connectivity index (χ4v) is 2.93. The summed E-state index contributed by atoms with van der Waals surface area (Å²) in [7, 11) is 1.63. The molecular formula is C17H18N2O3. The van der Waals surface area contributed by atoms with Gasteiger partial charge in [-0.2, -0.15) is 0 Å². The van der Waals surface area contributed by atoms with E-state index in [1.54, 1.807) is 24.1 Å². The number of nitrogens with one attached hydrogen (secondary N) is 1. The second kappa shape index (κ2) is 6.05. The summed E-state index contributed by atoms with van der Waals surface area (Å²) in [6.07, 6.45) is 3.38. The highest BCUT2D eigenvalue weighted by atomic mass is 16.5.